The Labute approximate surface area is 103 Å². The number of amidine groups is 1. The molecule has 0 aliphatic rings. The molecule has 0 aliphatic heterocycles. The van der Waals surface area contributed by atoms with Crippen LogP contribution in [0, 0.1) is 32.2 Å². The molecular weight excluding hydrogens is 210 g/mol. The molecule has 1 aromatic carbocycles. The average molecular weight is 229 g/mol. The Bertz CT molecular complexity index is 458. The van der Waals surface area contributed by atoms with Crippen LogP contribution in [-0.4, -0.2) is 5.84 Å². The topological polar surface area (TPSA) is 48.2 Å². The standard InChI is InChI=1S/C14H19N3/c1-9-6-10(2)14(11(3)7-9)12(4)17-13(5)16-8-15/h6-7,12H,1-5H3,(H,16,17)/t12-/m1/s1. The molecule has 0 heterocycles. The van der Waals surface area contributed by atoms with Gasteiger partial charge in [0.15, 0.2) is 6.19 Å². The molecule has 0 bridgehead atoms. The fraction of sp³-hybridized carbons (Fsp3) is 0.429. The quantitative estimate of drug-likeness (QED) is 0.366. The molecule has 0 saturated carbocycles. The van der Waals surface area contributed by atoms with Crippen LogP contribution >= 0.6 is 0 Å². The number of aliphatic imine (C=N–C) groups is 1. The zero-order valence-corrected chi connectivity index (χ0v) is 11.1. The lowest BCUT2D eigenvalue weighted by molar-refractivity contribution is 0.796. The Morgan fingerprint density at radius 3 is 2.29 bits per heavy atom. The minimum atomic E-state index is 0.0662. The monoisotopic (exact) mass is 229 g/mol. The maximum atomic E-state index is 8.52. The molecule has 0 aliphatic carbocycles. The van der Waals surface area contributed by atoms with Gasteiger partial charge in [0.25, 0.3) is 0 Å². The van der Waals surface area contributed by atoms with Gasteiger partial charge in [0.2, 0.25) is 0 Å². The van der Waals surface area contributed by atoms with Crippen molar-refractivity contribution in [3.63, 3.8) is 0 Å². The number of benzene rings is 1. The summed E-state index contributed by atoms with van der Waals surface area (Å²) in [6, 6.07) is 4.40. The van der Waals surface area contributed by atoms with E-state index in [-0.39, 0.29) is 6.04 Å². The zero-order valence-electron chi connectivity index (χ0n) is 11.1. The highest BCUT2D eigenvalue weighted by molar-refractivity contribution is 5.81. The molecule has 0 fully saturated rings. The summed E-state index contributed by atoms with van der Waals surface area (Å²) in [5.74, 6) is 0.652. The third-order valence-corrected chi connectivity index (χ3v) is 2.78. The number of nitrogens with one attached hydrogen (secondary N) is 1. The highest BCUT2D eigenvalue weighted by Gasteiger charge is 2.11. The molecule has 17 heavy (non-hydrogen) atoms. The van der Waals surface area contributed by atoms with Crippen molar-refractivity contribution in [3.8, 4) is 6.19 Å². The van der Waals surface area contributed by atoms with E-state index in [1.165, 1.54) is 22.3 Å². The molecule has 3 heteroatoms. The Balaban J connectivity index is 3.09. The van der Waals surface area contributed by atoms with Gasteiger partial charge in [-0.3, -0.25) is 10.3 Å². The van der Waals surface area contributed by atoms with E-state index in [1.54, 1.807) is 6.92 Å². The molecule has 0 aromatic heterocycles. The van der Waals surface area contributed by atoms with Crippen LogP contribution in [0.2, 0.25) is 0 Å². The third-order valence-electron chi connectivity index (χ3n) is 2.78. The molecule has 1 rings (SSSR count). The molecule has 1 atom stereocenters. The largest absolute Gasteiger partial charge is 0.281 e. The summed E-state index contributed by atoms with van der Waals surface area (Å²) in [7, 11) is 0. The van der Waals surface area contributed by atoms with Crippen LogP contribution in [0.1, 0.15) is 42.1 Å². The Morgan fingerprint density at radius 2 is 1.82 bits per heavy atom. The van der Waals surface area contributed by atoms with Crippen LogP contribution in [0.5, 0.6) is 0 Å². The van der Waals surface area contributed by atoms with Crippen molar-refractivity contribution in [1.29, 1.82) is 5.26 Å². The van der Waals surface area contributed by atoms with Crippen molar-refractivity contribution in [2.45, 2.75) is 40.7 Å². The van der Waals surface area contributed by atoms with E-state index in [1.807, 2.05) is 13.1 Å². The normalized spacial score (nSPS) is 13.1. The smallest absolute Gasteiger partial charge is 0.182 e. The molecule has 90 valence electrons. The summed E-state index contributed by atoms with van der Waals surface area (Å²) in [5, 5.41) is 11.1. The van der Waals surface area contributed by atoms with E-state index in [0.717, 1.165) is 0 Å². The Kier molecular flexibility index (Phi) is 4.28. The third kappa shape index (κ3) is 3.32. The minimum Gasteiger partial charge on any atom is -0.281 e. The fourth-order valence-corrected chi connectivity index (χ4v) is 2.32. The fourth-order valence-electron chi connectivity index (χ4n) is 2.32. The summed E-state index contributed by atoms with van der Waals surface area (Å²) in [6.45, 7) is 10.2. The van der Waals surface area contributed by atoms with Crippen molar-refractivity contribution in [1.82, 2.24) is 5.32 Å². The van der Waals surface area contributed by atoms with Crippen molar-refractivity contribution >= 4 is 5.84 Å². The van der Waals surface area contributed by atoms with Crippen LogP contribution < -0.4 is 5.32 Å². The van der Waals surface area contributed by atoms with E-state index in [4.69, 9.17) is 5.26 Å². The molecule has 0 unspecified atom stereocenters. The summed E-state index contributed by atoms with van der Waals surface area (Å²) in [6.07, 6.45) is 1.88. The summed E-state index contributed by atoms with van der Waals surface area (Å²) in [4.78, 5) is 4.47. The number of rotatable bonds is 2. The van der Waals surface area contributed by atoms with Gasteiger partial charge >= 0.3 is 0 Å². The van der Waals surface area contributed by atoms with Gasteiger partial charge in [0, 0.05) is 0 Å². The first-order valence-corrected chi connectivity index (χ1v) is 5.73. The SMILES string of the molecule is CC(=N[C@H](C)c1c(C)cc(C)cc1C)NC#N. The first kappa shape index (κ1) is 13.2. The van der Waals surface area contributed by atoms with Gasteiger partial charge in [-0.25, -0.2) is 0 Å². The van der Waals surface area contributed by atoms with Crippen molar-refractivity contribution in [2.75, 3.05) is 0 Å². The molecule has 0 radical (unpaired) electrons. The van der Waals surface area contributed by atoms with E-state index in [9.17, 15) is 0 Å². The van der Waals surface area contributed by atoms with Crippen LogP contribution in [-0.2, 0) is 0 Å². The van der Waals surface area contributed by atoms with Gasteiger partial charge in [-0.2, -0.15) is 5.26 Å². The summed E-state index contributed by atoms with van der Waals surface area (Å²) < 4.78 is 0. The number of nitrogens with zero attached hydrogens (tertiary/aromatic N) is 2. The van der Waals surface area contributed by atoms with E-state index in [2.05, 4.69) is 43.2 Å². The maximum absolute atomic E-state index is 8.52. The second-order valence-electron chi connectivity index (χ2n) is 4.44. The van der Waals surface area contributed by atoms with Gasteiger partial charge in [0.05, 0.1) is 6.04 Å². The van der Waals surface area contributed by atoms with Crippen LogP contribution in [0.25, 0.3) is 0 Å². The number of nitriles is 1. The molecule has 1 N–H and O–H groups in total. The van der Waals surface area contributed by atoms with Gasteiger partial charge in [0.1, 0.15) is 5.84 Å². The second kappa shape index (κ2) is 5.49. The Morgan fingerprint density at radius 1 is 1.29 bits per heavy atom. The Hall–Kier alpha value is -1.82. The molecule has 0 amide bonds. The molecule has 0 saturated heterocycles. The van der Waals surface area contributed by atoms with Crippen molar-refractivity contribution < 1.29 is 0 Å². The van der Waals surface area contributed by atoms with Crippen LogP contribution in [0.4, 0.5) is 0 Å². The summed E-state index contributed by atoms with van der Waals surface area (Å²) >= 11 is 0. The zero-order chi connectivity index (χ0) is 13.0. The number of hydrogen-bond acceptors (Lipinski definition) is 2. The van der Waals surface area contributed by atoms with Gasteiger partial charge in [-0.05, 0) is 51.3 Å². The number of aryl methyl sites for hydroxylation is 3. The lowest BCUT2D eigenvalue weighted by atomic mass is 9.95. The molecule has 0 spiro atoms. The van der Waals surface area contributed by atoms with Gasteiger partial charge in [-0.15, -0.1) is 0 Å². The minimum absolute atomic E-state index is 0.0662. The molecular formula is C14H19N3. The maximum Gasteiger partial charge on any atom is 0.182 e. The van der Waals surface area contributed by atoms with Gasteiger partial charge in [-0.1, -0.05) is 17.7 Å². The predicted octanol–water partition coefficient (Wildman–Crippen LogP) is 3.16. The average Bonchev–Trinajstić information content (AvgIpc) is 2.15. The lowest BCUT2D eigenvalue weighted by Gasteiger charge is -2.15. The van der Waals surface area contributed by atoms with Crippen LogP contribution in [0.15, 0.2) is 17.1 Å². The van der Waals surface area contributed by atoms with Crippen molar-refractivity contribution in [3.05, 3.63) is 34.4 Å². The highest BCUT2D eigenvalue weighted by Crippen LogP contribution is 2.25. The van der Waals surface area contributed by atoms with E-state index in [0.29, 0.717) is 5.84 Å². The van der Waals surface area contributed by atoms with E-state index >= 15 is 0 Å². The lowest BCUT2D eigenvalue weighted by Crippen LogP contribution is -2.14. The summed E-state index contributed by atoms with van der Waals surface area (Å²) in [5.41, 5.74) is 5.02. The highest BCUT2D eigenvalue weighted by atomic mass is 15.0. The molecule has 1 aromatic rings. The van der Waals surface area contributed by atoms with Crippen LogP contribution in [0.3, 0.4) is 0 Å². The van der Waals surface area contributed by atoms with Gasteiger partial charge < -0.3 is 0 Å². The van der Waals surface area contributed by atoms with E-state index < -0.39 is 0 Å². The predicted molar refractivity (Wildman–Crippen MR) is 70.9 cm³/mol. The first-order valence-electron chi connectivity index (χ1n) is 5.73. The second-order valence-corrected chi connectivity index (χ2v) is 4.44. The first-order chi connectivity index (χ1) is 7.95. The number of hydrogen-bond donors (Lipinski definition) is 1. The van der Waals surface area contributed by atoms with Crippen molar-refractivity contribution in [2.24, 2.45) is 4.99 Å². The molecule has 3 nitrogen and oxygen atoms in total.